The maximum atomic E-state index is 12.8. The largest absolute Gasteiger partial charge is 0.494 e. The van der Waals surface area contributed by atoms with Crippen LogP contribution < -0.4 is 10.1 Å². The minimum absolute atomic E-state index is 0.0734. The first kappa shape index (κ1) is 31.3. The van der Waals surface area contributed by atoms with Gasteiger partial charge in [0.05, 0.1) is 18.7 Å². The number of aryl methyl sites for hydroxylation is 1. The van der Waals surface area contributed by atoms with Gasteiger partial charge in [0.2, 0.25) is 0 Å². The van der Waals surface area contributed by atoms with Gasteiger partial charge in [-0.2, -0.15) is 0 Å². The van der Waals surface area contributed by atoms with Crippen LogP contribution in [0.5, 0.6) is 5.75 Å². The monoisotopic (exact) mass is 559 g/mol. The first-order valence-electron chi connectivity index (χ1n) is 14.0. The second-order valence-corrected chi connectivity index (χ2v) is 10.9. The van der Waals surface area contributed by atoms with Gasteiger partial charge in [-0.3, -0.25) is 15.1 Å². The fraction of sp³-hybridized carbons (Fsp3) is 0.406. The molecule has 41 heavy (non-hydrogen) atoms. The van der Waals surface area contributed by atoms with E-state index in [0.717, 1.165) is 16.8 Å². The molecule has 0 saturated carbocycles. The van der Waals surface area contributed by atoms with E-state index in [1.54, 1.807) is 12.1 Å². The van der Waals surface area contributed by atoms with Gasteiger partial charge in [0, 0.05) is 36.3 Å². The van der Waals surface area contributed by atoms with E-state index in [4.69, 9.17) is 10.1 Å². The van der Waals surface area contributed by atoms with Gasteiger partial charge in [-0.15, -0.1) is 0 Å². The third-order valence-electron chi connectivity index (χ3n) is 6.72. The molecule has 0 spiro atoms. The van der Waals surface area contributed by atoms with Gasteiger partial charge in [0.15, 0.2) is 0 Å². The number of rotatable bonds is 12. The molecule has 9 nitrogen and oxygen atoms in total. The van der Waals surface area contributed by atoms with Crippen molar-refractivity contribution in [2.45, 2.75) is 72.3 Å². The molecule has 0 fully saturated rings. The van der Waals surface area contributed by atoms with E-state index in [1.807, 2.05) is 38.1 Å². The van der Waals surface area contributed by atoms with Crippen LogP contribution >= 0.6 is 0 Å². The quantitative estimate of drug-likeness (QED) is 0.184. The number of amides is 2. The van der Waals surface area contributed by atoms with E-state index in [2.05, 4.69) is 48.2 Å². The fourth-order valence-corrected chi connectivity index (χ4v) is 4.45. The lowest BCUT2D eigenvalue weighted by Crippen LogP contribution is -2.43. The number of carbonyl (C=O) groups is 2. The molecule has 1 aromatic heterocycles. The average Bonchev–Trinajstić information content (AvgIpc) is 2.93. The van der Waals surface area contributed by atoms with Crippen molar-refractivity contribution in [2.75, 3.05) is 13.2 Å². The second-order valence-electron chi connectivity index (χ2n) is 10.9. The van der Waals surface area contributed by atoms with Gasteiger partial charge in [-0.05, 0) is 67.5 Å². The van der Waals surface area contributed by atoms with Crippen molar-refractivity contribution in [1.29, 1.82) is 5.41 Å². The highest BCUT2D eigenvalue weighted by Gasteiger charge is 2.17. The van der Waals surface area contributed by atoms with Crippen molar-refractivity contribution in [1.82, 2.24) is 20.2 Å². The number of ether oxygens (including phenoxy) is 1. The summed E-state index contributed by atoms with van der Waals surface area (Å²) < 4.78 is 5.58. The maximum absolute atomic E-state index is 12.8. The van der Waals surface area contributed by atoms with Gasteiger partial charge >= 0.3 is 12.0 Å². The molecular weight excluding hydrogens is 518 g/mol. The lowest BCUT2D eigenvalue weighted by atomic mass is 9.87. The molecule has 0 unspecified atom stereocenters. The minimum Gasteiger partial charge on any atom is -0.494 e. The summed E-state index contributed by atoms with van der Waals surface area (Å²) in [4.78, 5) is 34.3. The van der Waals surface area contributed by atoms with Crippen LogP contribution in [0.15, 0.2) is 54.9 Å². The zero-order valence-corrected chi connectivity index (χ0v) is 24.7. The molecule has 9 heteroatoms. The number of aliphatic carboxylic acids is 1. The topological polar surface area (TPSA) is 128 Å². The van der Waals surface area contributed by atoms with Crippen molar-refractivity contribution in [3.05, 3.63) is 77.2 Å². The molecule has 0 bridgehead atoms. The van der Waals surface area contributed by atoms with Crippen LogP contribution in [0.25, 0.3) is 11.3 Å². The van der Waals surface area contributed by atoms with Crippen LogP contribution in [-0.4, -0.2) is 51.0 Å². The zero-order valence-electron chi connectivity index (χ0n) is 24.7. The molecule has 2 aromatic carbocycles. The Morgan fingerprint density at radius 3 is 2.41 bits per heavy atom. The molecule has 0 aliphatic heterocycles. The number of benzene rings is 2. The lowest BCUT2D eigenvalue weighted by Gasteiger charge is -2.22. The van der Waals surface area contributed by atoms with Gasteiger partial charge in [-0.1, -0.05) is 45.0 Å². The summed E-state index contributed by atoms with van der Waals surface area (Å²) >= 11 is 0. The highest BCUT2D eigenvalue weighted by molar-refractivity contribution is 5.95. The lowest BCUT2D eigenvalue weighted by molar-refractivity contribution is -0.136. The van der Waals surface area contributed by atoms with Crippen LogP contribution in [0.2, 0.25) is 0 Å². The van der Waals surface area contributed by atoms with Gasteiger partial charge in [0.25, 0.3) is 0 Å². The van der Waals surface area contributed by atoms with Crippen LogP contribution in [0, 0.1) is 5.41 Å². The van der Waals surface area contributed by atoms with E-state index in [9.17, 15) is 14.7 Å². The fourth-order valence-electron chi connectivity index (χ4n) is 4.45. The van der Waals surface area contributed by atoms with Gasteiger partial charge < -0.3 is 15.2 Å². The Morgan fingerprint density at radius 2 is 1.78 bits per heavy atom. The third kappa shape index (κ3) is 9.13. The molecular formula is C32H41N5O4. The summed E-state index contributed by atoms with van der Waals surface area (Å²) in [6, 6.07) is 15.2. The number of hydrogen-bond donors (Lipinski definition) is 3. The van der Waals surface area contributed by atoms with Crippen molar-refractivity contribution < 1.29 is 19.4 Å². The highest BCUT2D eigenvalue weighted by atomic mass is 16.5. The van der Waals surface area contributed by atoms with Crippen molar-refractivity contribution in [2.24, 2.45) is 0 Å². The molecule has 2 amide bonds. The Hall–Kier alpha value is -4.27. The molecule has 0 aliphatic rings. The molecule has 3 aromatic rings. The van der Waals surface area contributed by atoms with Gasteiger partial charge in [0.1, 0.15) is 17.9 Å². The van der Waals surface area contributed by atoms with Gasteiger partial charge in [-0.25, -0.2) is 14.8 Å². The predicted octanol–water partition coefficient (Wildman–Crippen LogP) is 6.00. The molecule has 0 aliphatic carbocycles. The van der Waals surface area contributed by atoms with E-state index in [1.165, 1.54) is 16.8 Å². The maximum Gasteiger partial charge on any atom is 0.323 e. The van der Waals surface area contributed by atoms with Crippen molar-refractivity contribution in [3.63, 3.8) is 0 Å². The van der Waals surface area contributed by atoms with E-state index in [0.29, 0.717) is 56.0 Å². The number of nitrogens with zero attached hydrogens (tertiary/aromatic N) is 3. The Bertz CT molecular complexity index is 1350. The third-order valence-corrected chi connectivity index (χ3v) is 6.72. The number of amidine groups is 1. The summed E-state index contributed by atoms with van der Waals surface area (Å²) in [5.41, 5.74) is 5.18. The zero-order chi connectivity index (χ0) is 30.0. The number of carboxylic acid groups (broad SMARTS) is 1. The number of hydrogen-bond acceptors (Lipinski definition) is 6. The molecule has 0 radical (unpaired) electrons. The number of carboxylic acids is 1. The standard InChI is InChI=1S/C32H41N5O4/c1-6-37(31(40)34-20-22-11-14-25(15-12-22)32(3,4)5)29(33)10-8-9-26-19-27(36-21-35-26)23-13-16-28(41-7-2)24(17-23)18-30(38)39/h11-17,19,21,33H,6-10,18,20H2,1-5H3,(H,34,40)(H,38,39). The first-order valence-corrected chi connectivity index (χ1v) is 14.0. The summed E-state index contributed by atoms with van der Waals surface area (Å²) in [7, 11) is 0. The van der Waals surface area contributed by atoms with Crippen LogP contribution in [0.1, 0.15) is 69.8 Å². The van der Waals surface area contributed by atoms with Crippen LogP contribution in [0.3, 0.4) is 0 Å². The number of aromatic nitrogens is 2. The Balaban J connectivity index is 1.56. The number of urea groups is 1. The number of nitrogens with one attached hydrogen (secondary N) is 2. The Labute approximate surface area is 242 Å². The summed E-state index contributed by atoms with van der Waals surface area (Å²) in [6.45, 7) is 11.5. The highest BCUT2D eigenvalue weighted by Crippen LogP contribution is 2.27. The average molecular weight is 560 g/mol. The van der Waals surface area contributed by atoms with Crippen LogP contribution in [0.4, 0.5) is 4.79 Å². The van der Waals surface area contributed by atoms with E-state index >= 15 is 0 Å². The van der Waals surface area contributed by atoms with Crippen molar-refractivity contribution in [3.8, 4) is 17.0 Å². The smallest absolute Gasteiger partial charge is 0.323 e. The summed E-state index contributed by atoms with van der Waals surface area (Å²) in [5.74, 6) is -0.125. The molecule has 3 rings (SSSR count). The number of carbonyl (C=O) groups excluding carboxylic acids is 1. The Morgan fingerprint density at radius 1 is 1.05 bits per heavy atom. The first-order chi connectivity index (χ1) is 19.5. The van der Waals surface area contributed by atoms with Crippen molar-refractivity contribution >= 4 is 17.8 Å². The normalized spacial score (nSPS) is 11.1. The van der Waals surface area contributed by atoms with E-state index in [-0.39, 0.29) is 23.7 Å². The van der Waals surface area contributed by atoms with E-state index < -0.39 is 5.97 Å². The molecule has 0 atom stereocenters. The minimum atomic E-state index is -0.932. The van der Waals surface area contributed by atoms with Crippen LogP contribution in [-0.2, 0) is 29.6 Å². The molecule has 3 N–H and O–H groups in total. The summed E-state index contributed by atoms with van der Waals surface area (Å²) in [6.07, 6.45) is 3.01. The SMILES string of the molecule is CCOc1ccc(-c2cc(CCCC(=N)N(CC)C(=O)NCc3ccc(C(C)(C)C)cc3)ncn2)cc1CC(=O)O. The molecule has 1 heterocycles. The Kier molecular flexibility index (Phi) is 11.0. The predicted molar refractivity (Wildman–Crippen MR) is 160 cm³/mol. The molecule has 218 valence electrons. The molecule has 0 saturated heterocycles. The summed E-state index contributed by atoms with van der Waals surface area (Å²) in [5, 5.41) is 20.7. The second kappa shape index (κ2) is 14.4.